The minimum Gasteiger partial charge on any atom is -0.378 e. The normalized spacial score (nSPS) is 16.0. The van der Waals surface area contributed by atoms with Crippen molar-refractivity contribution >= 4 is 39.1 Å². The molecular formula is C20H17N3O2S. The molecule has 5 rings (SSSR count). The average Bonchev–Trinajstić information content (AvgIpc) is 3.20. The Morgan fingerprint density at radius 3 is 2.62 bits per heavy atom. The zero-order valence-corrected chi connectivity index (χ0v) is 14.9. The average molecular weight is 363 g/mol. The Morgan fingerprint density at radius 2 is 1.81 bits per heavy atom. The fraction of sp³-hybridized carbons (Fsp3) is 0.200. The van der Waals surface area contributed by atoms with Crippen molar-refractivity contribution < 1.29 is 4.74 Å². The molecular weight excluding hydrogens is 346 g/mol. The van der Waals surface area contributed by atoms with Gasteiger partial charge in [-0.15, -0.1) is 0 Å². The zero-order valence-electron chi connectivity index (χ0n) is 14.1. The Hall–Kier alpha value is -2.70. The Morgan fingerprint density at radius 1 is 1.04 bits per heavy atom. The van der Waals surface area contributed by atoms with Crippen LogP contribution in [0.1, 0.15) is 5.56 Å². The summed E-state index contributed by atoms with van der Waals surface area (Å²) in [7, 11) is 0. The van der Waals surface area contributed by atoms with Crippen LogP contribution in [0.15, 0.2) is 53.3 Å². The van der Waals surface area contributed by atoms with Crippen molar-refractivity contribution in [3.63, 3.8) is 0 Å². The van der Waals surface area contributed by atoms with E-state index in [0.29, 0.717) is 4.53 Å². The zero-order chi connectivity index (χ0) is 17.5. The number of benzene rings is 2. The van der Waals surface area contributed by atoms with E-state index in [1.807, 2.05) is 30.3 Å². The number of morpholine rings is 1. The Kier molecular flexibility index (Phi) is 3.72. The van der Waals surface area contributed by atoms with Gasteiger partial charge in [-0.25, -0.2) is 9.38 Å². The lowest BCUT2D eigenvalue weighted by Gasteiger charge is -2.28. The van der Waals surface area contributed by atoms with Crippen molar-refractivity contribution in [2.24, 2.45) is 0 Å². The van der Waals surface area contributed by atoms with Gasteiger partial charge in [0.05, 0.1) is 28.8 Å². The first-order valence-electron chi connectivity index (χ1n) is 8.64. The molecule has 0 saturated carbocycles. The SMILES string of the molecule is O=c1/c(=C/c2ccc(N3CCOCC3)cc2)sc2nc3ccccc3n12. The minimum atomic E-state index is -0.00374. The van der Waals surface area contributed by atoms with Gasteiger partial charge in [-0.05, 0) is 35.9 Å². The lowest BCUT2D eigenvalue weighted by atomic mass is 10.2. The summed E-state index contributed by atoms with van der Waals surface area (Å²) in [5.74, 6) is 0. The summed E-state index contributed by atoms with van der Waals surface area (Å²) in [5, 5.41) is 0. The van der Waals surface area contributed by atoms with Crippen LogP contribution >= 0.6 is 11.3 Å². The summed E-state index contributed by atoms with van der Waals surface area (Å²) in [6.07, 6.45) is 1.94. The number of hydrogen-bond acceptors (Lipinski definition) is 5. The summed E-state index contributed by atoms with van der Waals surface area (Å²) in [4.78, 5) is 20.4. The molecule has 0 N–H and O–H groups in total. The predicted octanol–water partition coefficient (Wildman–Crippen LogP) is 2.29. The molecule has 0 amide bonds. The second-order valence-electron chi connectivity index (χ2n) is 6.33. The van der Waals surface area contributed by atoms with Crippen molar-refractivity contribution in [3.05, 3.63) is 69.0 Å². The van der Waals surface area contributed by atoms with Crippen LogP contribution in [0.3, 0.4) is 0 Å². The van der Waals surface area contributed by atoms with Gasteiger partial charge in [0, 0.05) is 18.8 Å². The quantitative estimate of drug-likeness (QED) is 0.548. The molecule has 0 bridgehead atoms. The lowest BCUT2D eigenvalue weighted by Crippen LogP contribution is -2.36. The Balaban J connectivity index is 1.54. The first kappa shape index (κ1) is 15.5. The highest BCUT2D eigenvalue weighted by Crippen LogP contribution is 2.18. The van der Waals surface area contributed by atoms with Crippen molar-refractivity contribution in [3.8, 4) is 0 Å². The molecule has 2 aromatic carbocycles. The summed E-state index contributed by atoms with van der Waals surface area (Å²) in [6.45, 7) is 3.39. The number of nitrogens with zero attached hydrogens (tertiary/aromatic N) is 3. The standard InChI is InChI=1S/C20H17N3O2S/c24-19-18(26-20-21-16-3-1-2-4-17(16)23(19)20)13-14-5-7-15(8-6-14)22-9-11-25-12-10-22/h1-8,13H,9-12H2/b18-13-. The molecule has 0 atom stereocenters. The molecule has 1 saturated heterocycles. The van der Waals surface area contributed by atoms with E-state index in [2.05, 4.69) is 34.1 Å². The molecule has 0 unspecified atom stereocenters. The molecule has 0 spiro atoms. The molecule has 0 radical (unpaired) electrons. The highest BCUT2D eigenvalue weighted by Gasteiger charge is 2.12. The maximum Gasteiger partial charge on any atom is 0.274 e. The van der Waals surface area contributed by atoms with Crippen LogP contribution < -0.4 is 15.0 Å². The largest absolute Gasteiger partial charge is 0.378 e. The second-order valence-corrected chi connectivity index (χ2v) is 7.33. The third-order valence-corrected chi connectivity index (χ3v) is 5.68. The number of hydrogen-bond donors (Lipinski definition) is 0. The molecule has 130 valence electrons. The number of fused-ring (bicyclic) bond motifs is 3. The van der Waals surface area contributed by atoms with Crippen LogP contribution in [0.5, 0.6) is 0 Å². The van der Waals surface area contributed by atoms with E-state index in [4.69, 9.17) is 4.74 Å². The van der Waals surface area contributed by atoms with Crippen molar-refractivity contribution in [1.82, 2.24) is 9.38 Å². The van der Waals surface area contributed by atoms with Gasteiger partial charge in [-0.3, -0.25) is 4.79 Å². The highest BCUT2D eigenvalue weighted by atomic mass is 32.1. The van der Waals surface area contributed by atoms with Gasteiger partial charge in [0.15, 0.2) is 4.96 Å². The molecule has 5 nitrogen and oxygen atoms in total. The highest BCUT2D eigenvalue weighted by molar-refractivity contribution is 7.15. The van der Waals surface area contributed by atoms with Gasteiger partial charge in [0.1, 0.15) is 0 Å². The maximum atomic E-state index is 12.8. The van der Waals surface area contributed by atoms with Gasteiger partial charge >= 0.3 is 0 Å². The first-order valence-corrected chi connectivity index (χ1v) is 9.46. The van der Waals surface area contributed by atoms with E-state index < -0.39 is 0 Å². The molecule has 1 fully saturated rings. The first-order chi connectivity index (χ1) is 12.8. The number of aromatic nitrogens is 2. The monoisotopic (exact) mass is 363 g/mol. The number of anilines is 1. The summed E-state index contributed by atoms with van der Waals surface area (Å²) >= 11 is 1.43. The van der Waals surface area contributed by atoms with Crippen LogP contribution in [0.25, 0.3) is 22.1 Å². The Bertz CT molecular complexity index is 1190. The van der Waals surface area contributed by atoms with E-state index in [1.54, 1.807) is 4.40 Å². The number of rotatable bonds is 2. The van der Waals surface area contributed by atoms with E-state index in [1.165, 1.54) is 17.0 Å². The van der Waals surface area contributed by atoms with Crippen molar-refractivity contribution in [2.75, 3.05) is 31.2 Å². The van der Waals surface area contributed by atoms with E-state index in [-0.39, 0.29) is 5.56 Å². The van der Waals surface area contributed by atoms with Crippen LogP contribution in [0.4, 0.5) is 5.69 Å². The number of thiazole rings is 1. The smallest absolute Gasteiger partial charge is 0.274 e. The summed E-state index contributed by atoms with van der Waals surface area (Å²) in [6, 6.07) is 16.1. The van der Waals surface area contributed by atoms with Gasteiger partial charge in [-0.2, -0.15) is 0 Å². The Labute approximate surface area is 153 Å². The number of imidazole rings is 1. The second kappa shape index (κ2) is 6.23. The molecule has 1 aliphatic rings. The van der Waals surface area contributed by atoms with Crippen LogP contribution in [-0.4, -0.2) is 35.7 Å². The molecule has 4 aromatic rings. The fourth-order valence-corrected chi connectivity index (χ4v) is 4.35. The molecule has 26 heavy (non-hydrogen) atoms. The van der Waals surface area contributed by atoms with Gasteiger partial charge < -0.3 is 9.64 Å². The van der Waals surface area contributed by atoms with Crippen LogP contribution in [-0.2, 0) is 4.74 Å². The number of ether oxygens (including phenoxy) is 1. The van der Waals surface area contributed by atoms with Crippen LogP contribution in [0, 0.1) is 0 Å². The summed E-state index contributed by atoms with van der Waals surface area (Å²) in [5.41, 5.74) is 3.94. The van der Waals surface area contributed by atoms with E-state index in [9.17, 15) is 4.79 Å². The number of para-hydroxylation sites is 2. The summed E-state index contributed by atoms with van der Waals surface area (Å²) < 4.78 is 7.81. The van der Waals surface area contributed by atoms with Gasteiger partial charge in [-0.1, -0.05) is 35.6 Å². The van der Waals surface area contributed by atoms with Gasteiger partial charge in [0.25, 0.3) is 5.56 Å². The van der Waals surface area contributed by atoms with E-state index >= 15 is 0 Å². The van der Waals surface area contributed by atoms with Crippen LogP contribution in [0.2, 0.25) is 0 Å². The van der Waals surface area contributed by atoms with Gasteiger partial charge in [0.2, 0.25) is 0 Å². The van der Waals surface area contributed by atoms with Crippen molar-refractivity contribution in [1.29, 1.82) is 0 Å². The molecule has 2 aromatic heterocycles. The molecule has 6 heteroatoms. The fourth-order valence-electron chi connectivity index (χ4n) is 3.37. The topological polar surface area (TPSA) is 46.8 Å². The van der Waals surface area contributed by atoms with Crippen molar-refractivity contribution in [2.45, 2.75) is 0 Å². The predicted molar refractivity (Wildman–Crippen MR) is 105 cm³/mol. The minimum absolute atomic E-state index is 0.00374. The molecule has 3 heterocycles. The van der Waals surface area contributed by atoms with E-state index in [0.717, 1.165) is 47.9 Å². The third kappa shape index (κ3) is 2.58. The third-order valence-electron chi connectivity index (χ3n) is 4.71. The maximum absolute atomic E-state index is 12.8. The molecule has 0 aliphatic carbocycles. The lowest BCUT2D eigenvalue weighted by molar-refractivity contribution is 0.122. The molecule has 1 aliphatic heterocycles.